The Balaban J connectivity index is 2.50. The maximum atomic E-state index is 11.8. The Kier molecular flexibility index (Phi) is 4.48. The van der Waals surface area contributed by atoms with Gasteiger partial charge in [-0.2, -0.15) is 0 Å². The van der Waals surface area contributed by atoms with Crippen LogP contribution in [0.1, 0.15) is 41.0 Å². The molecule has 0 saturated carbocycles. The normalized spacial score (nSPS) is 23.2. The molecule has 102 valence electrons. The van der Waals surface area contributed by atoms with Crippen molar-refractivity contribution in [2.75, 3.05) is 0 Å². The fourth-order valence-electron chi connectivity index (χ4n) is 1.57. The van der Waals surface area contributed by atoms with Gasteiger partial charge in [0.1, 0.15) is 11.6 Å². The van der Waals surface area contributed by atoms with Crippen molar-refractivity contribution in [1.82, 2.24) is 0 Å². The summed E-state index contributed by atoms with van der Waals surface area (Å²) in [4.78, 5) is 27.4. The molecular formula is C13H21NO4. The summed E-state index contributed by atoms with van der Waals surface area (Å²) in [6.07, 6.45) is 1.66. The maximum absolute atomic E-state index is 11.8. The van der Waals surface area contributed by atoms with Crippen molar-refractivity contribution < 1.29 is 19.1 Å². The standard InChI is InChI=1S/C13H21NO4/c1-8(2)17-11(15)9-6-10(14-7-9)12(16)18-13(3,4)5/h7-10H,6H2,1-5H3. The van der Waals surface area contributed by atoms with Crippen LogP contribution in [0.2, 0.25) is 0 Å². The van der Waals surface area contributed by atoms with E-state index in [0.29, 0.717) is 6.42 Å². The van der Waals surface area contributed by atoms with Crippen molar-refractivity contribution >= 4 is 18.2 Å². The Labute approximate surface area is 108 Å². The number of esters is 2. The molecule has 0 aromatic heterocycles. The van der Waals surface area contributed by atoms with E-state index in [1.807, 2.05) is 0 Å². The van der Waals surface area contributed by atoms with Gasteiger partial charge in [-0.1, -0.05) is 0 Å². The Morgan fingerprint density at radius 1 is 1.28 bits per heavy atom. The number of carbonyl (C=O) groups is 2. The first kappa shape index (κ1) is 14.7. The van der Waals surface area contributed by atoms with Crippen molar-refractivity contribution in [3.8, 4) is 0 Å². The molecule has 1 aliphatic rings. The molecule has 1 heterocycles. The fourth-order valence-corrected chi connectivity index (χ4v) is 1.57. The Hall–Kier alpha value is -1.39. The monoisotopic (exact) mass is 255 g/mol. The first-order valence-electron chi connectivity index (χ1n) is 6.15. The van der Waals surface area contributed by atoms with Crippen LogP contribution in [0, 0.1) is 5.92 Å². The topological polar surface area (TPSA) is 65.0 Å². The molecule has 0 aliphatic carbocycles. The summed E-state index contributed by atoms with van der Waals surface area (Å²) in [5, 5.41) is 0. The van der Waals surface area contributed by atoms with Gasteiger partial charge in [0.15, 0.2) is 0 Å². The Morgan fingerprint density at radius 3 is 2.39 bits per heavy atom. The van der Waals surface area contributed by atoms with Crippen molar-refractivity contribution in [1.29, 1.82) is 0 Å². The molecule has 1 rings (SSSR count). The molecule has 0 saturated heterocycles. The van der Waals surface area contributed by atoms with E-state index >= 15 is 0 Å². The smallest absolute Gasteiger partial charge is 0.331 e. The van der Waals surface area contributed by atoms with E-state index in [4.69, 9.17) is 9.47 Å². The molecule has 0 fully saturated rings. The van der Waals surface area contributed by atoms with Gasteiger partial charge in [-0.05, 0) is 41.0 Å². The van der Waals surface area contributed by atoms with Crippen LogP contribution in [0.5, 0.6) is 0 Å². The van der Waals surface area contributed by atoms with Gasteiger partial charge >= 0.3 is 11.9 Å². The molecule has 2 unspecified atom stereocenters. The van der Waals surface area contributed by atoms with E-state index in [2.05, 4.69) is 4.99 Å². The molecule has 0 radical (unpaired) electrons. The number of hydrogen-bond donors (Lipinski definition) is 0. The molecule has 0 bridgehead atoms. The minimum absolute atomic E-state index is 0.161. The second-order valence-electron chi connectivity index (χ2n) is 5.68. The summed E-state index contributed by atoms with van der Waals surface area (Å²) in [6.45, 7) is 8.97. The summed E-state index contributed by atoms with van der Waals surface area (Å²) in [5.41, 5.74) is -0.539. The zero-order valence-corrected chi connectivity index (χ0v) is 11.6. The SMILES string of the molecule is CC(C)OC(=O)C1C=NC(C(=O)OC(C)(C)C)C1. The molecule has 18 heavy (non-hydrogen) atoms. The van der Waals surface area contributed by atoms with Crippen LogP contribution in [-0.2, 0) is 19.1 Å². The zero-order chi connectivity index (χ0) is 13.9. The minimum Gasteiger partial charge on any atom is -0.462 e. The highest BCUT2D eigenvalue weighted by Gasteiger charge is 2.34. The third-order valence-corrected chi connectivity index (χ3v) is 2.26. The Bertz CT molecular complexity index is 354. The van der Waals surface area contributed by atoms with Crippen LogP contribution in [0.15, 0.2) is 4.99 Å². The van der Waals surface area contributed by atoms with E-state index < -0.39 is 23.5 Å². The van der Waals surface area contributed by atoms with Crippen molar-refractivity contribution in [3.05, 3.63) is 0 Å². The number of ether oxygens (including phenoxy) is 2. The van der Waals surface area contributed by atoms with Crippen LogP contribution in [0.4, 0.5) is 0 Å². The van der Waals surface area contributed by atoms with Crippen LogP contribution < -0.4 is 0 Å². The lowest BCUT2D eigenvalue weighted by molar-refractivity contribution is -0.156. The van der Waals surface area contributed by atoms with Gasteiger partial charge in [-0.3, -0.25) is 9.79 Å². The number of carbonyl (C=O) groups excluding carboxylic acids is 2. The van der Waals surface area contributed by atoms with Crippen LogP contribution in [0.25, 0.3) is 0 Å². The van der Waals surface area contributed by atoms with E-state index in [9.17, 15) is 9.59 Å². The summed E-state index contributed by atoms with van der Waals surface area (Å²) in [5.74, 6) is -1.16. The summed E-state index contributed by atoms with van der Waals surface area (Å²) >= 11 is 0. The minimum atomic E-state index is -0.589. The molecule has 1 aliphatic heterocycles. The molecule has 0 aromatic carbocycles. The quantitative estimate of drug-likeness (QED) is 0.720. The lowest BCUT2D eigenvalue weighted by Gasteiger charge is -2.21. The second-order valence-corrected chi connectivity index (χ2v) is 5.68. The molecule has 0 N–H and O–H groups in total. The van der Waals surface area contributed by atoms with E-state index in [1.165, 1.54) is 6.21 Å². The van der Waals surface area contributed by atoms with E-state index in [0.717, 1.165) is 0 Å². The Morgan fingerprint density at radius 2 is 1.89 bits per heavy atom. The summed E-state index contributed by atoms with van der Waals surface area (Å²) in [7, 11) is 0. The average Bonchev–Trinajstić information content (AvgIpc) is 2.61. The average molecular weight is 255 g/mol. The molecule has 5 nitrogen and oxygen atoms in total. The molecule has 0 aromatic rings. The van der Waals surface area contributed by atoms with Gasteiger partial charge in [0, 0.05) is 6.21 Å². The molecule has 0 amide bonds. The molecule has 2 atom stereocenters. The van der Waals surface area contributed by atoms with Gasteiger partial charge in [0.2, 0.25) is 0 Å². The molecule has 5 heteroatoms. The highest BCUT2D eigenvalue weighted by Crippen LogP contribution is 2.20. The van der Waals surface area contributed by atoms with E-state index in [-0.39, 0.29) is 12.1 Å². The zero-order valence-electron chi connectivity index (χ0n) is 11.6. The lowest BCUT2D eigenvalue weighted by Crippen LogP contribution is -2.31. The molecule has 0 spiro atoms. The van der Waals surface area contributed by atoms with Crippen LogP contribution in [-0.4, -0.2) is 35.9 Å². The van der Waals surface area contributed by atoms with Crippen LogP contribution >= 0.6 is 0 Å². The third-order valence-electron chi connectivity index (χ3n) is 2.26. The number of rotatable bonds is 3. The largest absolute Gasteiger partial charge is 0.462 e. The third kappa shape index (κ3) is 4.47. The highest BCUT2D eigenvalue weighted by molar-refractivity contribution is 5.94. The number of hydrogen-bond acceptors (Lipinski definition) is 5. The fraction of sp³-hybridized carbons (Fsp3) is 0.769. The van der Waals surface area contributed by atoms with Crippen molar-refractivity contribution in [2.45, 2.75) is 58.8 Å². The van der Waals surface area contributed by atoms with Gasteiger partial charge in [0.05, 0.1) is 12.0 Å². The second kappa shape index (κ2) is 5.50. The van der Waals surface area contributed by atoms with E-state index in [1.54, 1.807) is 34.6 Å². The highest BCUT2D eigenvalue weighted by atomic mass is 16.6. The summed E-state index contributed by atoms with van der Waals surface area (Å²) < 4.78 is 10.3. The number of nitrogens with zero attached hydrogens (tertiary/aromatic N) is 1. The van der Waals surface area contributed by atoms with Crippen LogP contribution in [0.3, 0.4) is 0 Å². The predicted molar refractivity (Wildman–Crippen MR) is 67.5 cm³/mol. The molecular weight excluding hydrogens is 234 g/mol. The predicted octanol–water partition coefficient (Wildman–Crippen LogP) is 1.74. The first-order valence-corrected chi connectivity index (χ1v) is 6.15. The summed E-state index contributed by atoms with van der Waals surface area (Å²) in [6, 6.07) is -0.589. The van der Waals surface area contributed by atoms with Gasteiger partial charge in [-0.15, -0.1) is 0 Å². The van der Waals surface area contributed by atoms with Gasteiger partial charge in [0.25, 0.3) is 0 Å². The van der Waals surface area contributed by atoms with Gasteiger partial charge in [-0.25, -0.2) is 4.79 Å². The number of aliphatic imine (C=N–C) groups is 1. The van der Waals surface area contributed by atoms with Gasteiger partial charge < -0.3 is 9.47 Å². The maximum Gasteiger partial charge on any atom is 0.331 e. The van der Waals surface area contributed by atoms with Crippen molar-refractivity contribution in [3.63, 3.8) is 0 Å². The lowest BCUT2D eigenvalue weighted by atomic mass is 10.1. The first-order chi connectivity index (χ1) is 8.19. The van der Waals surface area contributed by atoms with Crippen molar-refractivity contribution in [2.24, 2.45) is 10.9 Å².